The fraction of sp³-hybridized carbons (Fsp3) is 0.333. The first-order chi connectivity index (χ1) is 20.2. The van der Waals surface area contributed by atoms with Crippen LogP contribution in [0.25, 0.3) is 33.1 Å². The average molecular weight is 550 g/mol. The third-order valence-corrected chi connectivity index (χ3v) is 7.63. The summed E-state index contributed by atoms with van der Waals surface area (Å²) in [5.74, 6) is 1.61. The van der Waals surface area contributed by atoms with E-state index in [1.807, 2.05) is 47.4 Å². The maximum absolute atomic E-state index is 13.0. The molecule has 1 fully saturated rings. The van der Waals surface area contributed by atoms with Crippen LogP contribution in [-0.4, -0.2) is 58.7 Å². The highest BCUT2D eigenvalue weighted by Gasteiger charge is 2.26. The summed E-state index contributed by atoms with van der Waals surface area (Å²) in [5.41, 5.74) is 3.28. The van der Waals surface area contributed by atoms with Gasteiger partial charge in [0.25, 0.3) is 5.71 Å². The molecule has 0 bridgehead atoms. The molecule has 1 amide bonds. The van der Waals surface area contributed by atoms with Crippen LogP contribution in [0.2, 0.25) is 0 Å². The summed E-state index contributed by atoms with van der Waals surface area (Å²) in [6, 6.07) is 24.5. The highest BCUT2D eigenvalue weighted by Crippen LogP contribution is 2.35. The Morgan fingerprint density at radius 2 is 1.76 bits per heavy atom. The van der Waals surface area contributed by atoms with Crippen molar-refractivity contribution in [1.29, 1.82) is 0 Å². The quantitative estimate of drug-likeness (QED) is 0.222. The molecule has 1 aliphatic rings. The number of rotatable bonds is 9. The van der Waals surface area contributed by atoms with Gasteiger partial charge in [-0.25, -0.2) is 4.98 Å². The van der Waals surface area contributed by atoms with Gasteiger partial charge in [-0.1, -0.05) is 85.2 Å². The zero-order valence-electron chi connectivity index (χ0n) is 23.5. The van der Waals surface area contributed by atoms with Gasteiger partial charge >= 0.3 is 0 Å². The van der Waals surface area contributed by atoms with E-state index in [2.05, 4.69) is 47.3 Å². The zero-order chi connectivity index (χ0) is 28.0. The van der Waals surface area contributed by atoms with Gasteiger partial charge in [0.15, 0.2) is 0 Å². The Labute approximate surface area is 239 Å². The summed E-state index contributed by atoms with van der Waals surface area (Å²) in [7, 11) is 0. The average Bonchev–Trinajstić information content (AvgIpc) is 3.28. The summed E-state index contributed by atoms with van der Waals surface area (Å²) in [6.45, 7) is 5.38. The molecule has 8 nitrogen and oxygen atoms in total. The lowest BCUT2D eigenvalue weighted by Crippen LogP contribution is -2.37. The van der Waals surface area contributed by atoms with Crippen molar-refractivity contribution in [3.05, 3.63) is 84.2 Å². The molecule has 1 aliphatic heterocycles. The molecule has 0 spiro atoms. The highest BCUT2D eigenvalue weighted by atomic mass is 16.5. The molecule has 3 heterocycles. The Hall–Kier alpha value is -4.30. The number of hydrogen-bond donors (Lipinski definition) is 0. The second-order valence-electron chi connectivity index (χ2n) is 10.5. The van der Waals surface area contributed by atoms with Crippen LogP contribution in [-0.2, 0) is 22.6 Å². The summed E-state index contributed by atoms with van der Waals surface area (Å²) in [6.07, 6.45) is 3.67. The normalized spacial score (nSPS) is 14.1. The lowest BCUT2D eigenvalue weighted by Gasteiger charge is -2.24. The van der Waals surface area contributed by atoms with Gasteiger partial charge in [0.05, 0.1) is 6.61 Å². The second-order valence-corrected chi connectivity index (χ2v) is 10.5. The lowest BCUT2D eigenvalue weighted by molar-refractivity contribution is -0.136. The van der Waals surface area contributed by atoms with Crippen molar-refractivity contribution >= 4 is 33.6 Å². The van der Waals surface area contributed by atoms with Crippen LogP contribution in [0, 0.1) is 0 Å². The third kappa shape index (κ3) is 6.07. The summed E-state index contributed by atoms with van der Waals surface area (Å²) < 4.78 is 11.6. The van der Waals surface area contributed by atoms with E-state index in [0.29, 0.717) is 32.0 Å². The van der Waals surface area contributed by atoms with Crippen LogP contribution in [0.3, 0.4) is 0 Å². The van der Waals surface area contributed by atoms with Crippen molar-refractivity contribution in [3.63, 3.8) is 0 Å². The number of aromatic nitrogens is 3. The molecule has 0 N–H and O–H groups in total. The predicted octanol–water partition coefficient (Wildman–Crippen LogP) is 6.04. The van der Waals surface area contributed by atoms with Crippen LogP contribution in [0.5, 0.6) is 0 Å². The van der Waals surface area contributed by atoms with Crippen molar-refractivity contribution in [1.82, 2.24) is 20.0 Å². The summed E-state index contributed by atoms with van der Waals surface area (Å²) >= 11 is 0. The number of hydrogen-bond acceptors (Lipinski definition) is 7. The van der Waals surface area contributed by atoms with Gasteiger partial charge in [-0.2, -0.15) is 4.98 Å². The minimum Gasteiger partial charge on any atom is -0.367 e. The third-order valence-electron chi connectivity index (χ3n) is 7.63. The molecule has 3 aromatic carbocycles. The Morgan fingerprint density at radius 1 is 0.927 bits per heavy atom. The molecule has 0 radical (unpaired) electrons. The van der Waals surface area contributed by atoms with Crippen molar-refractivity contribution in [2.24, 2.45) is 0 Å². The van der Waals surface area contributed by atoms with Crippen molar-refractivity contribution in [3.8, 4) is 11.3 Å². The van der Waals surface area contributed by atoms with E-state index < -0.39 is 0 Å². The number of carbonyl (C=O) groups is 1. The standard InChI is InChI=1S/C33H35N5O3/c1-2-3-14-28-34-32(30-31(36-41-33(30)35-28)27-16-15-25-12-7-8-13-26(25)21-27)38-18-9-17-37(19-20-38)29(39)23-40-22-24-10-5-4-6-11-24/h4-8,10-13,15-16,21H,2-3,9,14,17-20,22-23H2,1H3. The molecular weight excluding hydrogens is 514 g/mol. The Morgan fingerprint density at radius 3 is 2.61 bits per heavy atom. The van der Waals surface area contributed by atoms with Crippen LogP contribution in [0.1, 0.15) is 37.6 Å². The number of amides is 1. The highest BCUT2D eigenvalue weighted by molar-refractivity contribution is 6.00. The van der Waals surface area contributed by atoms with Gasteiger partial charge in [0, 0.05) is 38.2 Å². The predicted molar refractivity (Wildman–Crippen MR) is 161 cm³/mol. The number of benzene rings is 3. The smallest absolute Gasteiger partial charge is 0.263 e. The van der Waals surface area contributed by atoms with E-state index >= 15 is 0 Å². The monoisotopic (exact) mass is 549 g/mol. The molecule has 210 valence electrons. The van der Waals surface area contributed by atoms with E-state index in [1.54, 1.807) is 0 Å². The lowest BCUT2D eigenvalue weighted by atomic mass is 10.0. The number of nitrogens with zero attached hydrogens (tertiary/aromatic N) is 5. The van der Waals surface area contributed by atoms with Crippen LogP contribution >= 0.6 is 0 Å². The Bertz CT molecular complexity index is 1630. The molecule has 0 saturated carbocycles. The minimum absolute atomic E-state index is 0.0149. The van der Waals surface area contributed by atoms with E-state index in [1.165, 1.54) is 5.39 Å². The van der Waals surface area contributed by atoms with Crippen LogP contribution in [0.4, 0.5) is 5.82 Å². The second kappa shape index (κ2) is 12.5. The molecule has 0 unspecified atom stereocenters. The Kier molecular flexibility index (Phi) is 8.18. The van der Waals surface area contributed by atoms with Crippen LogP contribution in [0.15, 0.2) is 77.3 Å². The molecule has 0 aliphatic carbocycles. The molecule has 1 saturated heterocycles. The number of aryl methyl sites for hydroxylation is 1. The van der Waals surface area contributed by atoms with Crippen LogP contribution < -0.4 is 4.90 Å². The maximum atomic E-state index is 13.0. The van der Waals surface area contributed by atoms with Gasteiger partial charge in [0.1, 0.15) is 29.3 Å². The fourth-order valence-corrected chi connectivity index (χ4v) is 5.39. The van der Waals surface area contributed by atoms with Gasteiger partial charge in [-0.15, -0.1) is 0 Å². The van der Waals surface area contributed by atoms with E-state index in [9.17, 15) is 4.79 Å². The first kappa shape index (κ1) is 26.9. The largest absolute Gasteiger partial charge is 0.367 e. The first-order valence-corrected chi connectivity index (χ1v) is 14.5. The molecule has 6 rings (SSSR count). The van der Waals surface area contributed by atoms with Crippen molar-refractivity contribution < 1.29 is 14.1 Å². The van der Waals surface area contributed by atoms with E-state index in [0.717, 1.165) is 71.5 Å². The summed E-state index contributed by atoms with van der Waals surface area (Å²) in [4.78, 5) is 27.0. The zero-order valence-corrected chi connectivity index (χ0v) is 23.5. The van der Waals surface area contributed by atoms with Gasteiger partial charge in [-0.3, -0.25) is 4.79 Å². The SMILES string of the molecule is CCCCc1nc(N2CCCN(C(=O)COCc3ccccc3)CC2)c2c(-c3ccc4ccccc4c3)noc2n1. The fourth-order valence-electron chi connectivity index (χ4n) is 5.39. The summed E-state index contributed by atoms with van der Waals surface area (Å²) in [5, 5.41) is 7.63. The van der Waals surface area contributed by atoms with E-state index in [4.69, 9.17) is 19.2 Å². The Balaban J connectivity index is 1.25. The van der Waals surface area contributed by atoms with Gasteiger partial charge in [-0.05, 0) is 35.2 Å². The minimum atomic E-state index is 0.0149. The van der Waals surface area contributed by atoms with E-state index in [-0.39, 0.29) is 12.5 Å². The molecular formula is C33H35N5O3. The molecule has 8 heteroatoms. The number of ether oxygens (including phenoxy) is 1. The van der Waals surface area contributed by atoms with Crippen molar-refractivity contribution in [2.45, 2.75) is 39.2 Å². The van der Waals surface area contributed by atoms with Gasteiger partial charge in [0.2, 0.25) is 5.91 Å². The maximum Gasteiger partial charge on any atom is 0.263 e. The first-order valence-electron chi connectivity index (χ1n) is 14.5. The molecule has 0 atom stereocenters. The number of carbonyl (C=O) groups excluding carboxylic acids is 1. The van der Waals surface area contributed by atoms with Crippen molar-refractivity contribution in [2.75, 3.05) is 37.7 Å². The number of fused-ring (bicyclic) bond motifs is 2. The molecule has 41 heavy (non-hydrogen) atoms. The van der Waals surface area contributed by atoms with Gasteiger partial charge < -0.3 is 19.1 Å². The topological polar surface area (TPSA) is 84.6 Å². The number of unbranched alkanes of at least 4 members (excludes halogenated alkanes) is 1. The molecule has 5 aromatic rings. The molecule has 2 aromatic heterocycles. The number of anilines is 1.